The Morgan fingerprint density at radius 2 is 2.21 bits per heavy atom. The summed E-state index contributed by atoms with van der Waals surface area (Å²) in [7, 11) is 0. The molecular weight excluding hydrogens is 326 g/mol. The van der Waals surface area contributed by atoms with Crippen molar-refractivity contribution in [1.82, 2.24) is 19.9 Å². The van der Waals surface area contributed by atoms with Crippen molar-refractivity contribution in [2.45, 2.75) is 25.8 Å². The Bertz CT molecular complexity index is 649. The normalized spacial score (nSPS) is 17.2. The zero-order chi connectivity index (χ0) is 16.9. The molecule has 3 rings (SSSR count). The molecule has 1 amide bonds. The number of nitrogens with zero attached hydrogens (tertiary/aromatic N) is 4. The van der Waals surface area contributed by atoms with Crippen LogP contribution in [-0.2, 0) is 4.79 Å². The number of rotatable bonds is 6. The van der Waals surface area contributed by atoms with E-state index in [4.69, 9.17) is 10.3 Å². The molecule has 0 aromatic carbocycles. The van der Waals surface area contributed by atoms with Gasteiger partial charge < -0.3 is 15.2 Å². The summed E-state index contributed by atoms with van der Waals surface area (Å²) in [6, 6.07) is 4.00. The first kappa shape index (κ1) is 17.1. The van der Waals surface area contributed by atoms with E-state index in [-0.39, 0.29) is 11.9 Å². The van der Waals surface area contributed by atoms with Crippen molar-refractivity contribution in [2.24, 2.45) is 5.73 Å². The van der Waals surface area contributed by atoms with Crippen molar-refractivity contribution >= 4 is 17.2 Å². The summed E-state index contributed by atoms with van der Waals surface area (Å²) in [5.41, 5.74) is 5.47. The van der Waals surface area contributed by atoms with Crippen LogP contribution in [0.3, 0.4) is 0 Å². The van der Waals surface area contributed by atoms with Crippen LogP contribution in [0.15, 0.2) is 22.0 Å². The highest BCUT2D eigenvalue weighted by Gasteiger charge is 2.27. The number of carbonyl (C=O) groups excluding carboxylic acids is 1. The molecule has 24 heavy (non-hydrogen) atoms. The number of carbonyl (C=O) groups is 1. The third kappa shape index (κ3) is 3.82. The van der Waals surface area contributed by atoms with Gasteiger partial charge in [0.25, 0.3) is 0 Å². The standard InChI is InChI=1S/C16H23N5O2S/c1-12(16-18-15(19-23-16)13-4-3-11-24-13)20-7-9-21(10-8-20)14(22)5-2-6-17/h3-4,11-12H,2,5-10,17H2,1H3. The van der Waals surface area contributed by atoms with Crippen LogP contribution in [0, 0.1) is 0 Å². The van der Waals surface area contributed by atoms with Gasteiger partial charge in [-0.25, -0.2) is 0 Å². The van der Waals surface area contributed by atoms with Gasteiger partial charge in [-0.1, -0.05) is 11.2 Å². The number of aromatic nitrogens is 2. The van der Waals surface area contributed by atoms with Crippen LogP contribution in [0.2, 0.25) is 0 Å². The minimum Gasteiger partial charge on any atom is -0.340 e. The van der Waals surface area contributed by atoms with E-state index in [2.05, 4.69) is 22.0 Å². The zero-order valence-electron chi connectivity index (χ0n) is 13.9. The van der Waals surface area contributed by atoms with Crippen LogP contribution >= 0.6 is 11.3 Å². The lowest BCUT2D eigenvalue weighted by atomic mass is 10.2. The van der Waals surface area contributed by atoms with E-state index in [1.807, 2.05) is 22.4 Å². The van der Waals surface area contributed by atoms with E-state index < -0.39 is 0 Å². The Morgan fingerprint density at radius 3 is 2.88 bits per heavy atom. The molecule has 1 aliphatic heterocycles. The molecule has 3 heterocycles. The third-order valence-corrected chi connectivity index (χ3v) is 5.22. The van der Waals surface area contributed by atoms with Crippen LogP contribution in [0.5, 0.6) is 0 Å². The highest BCUT2D eigenvalue weighted by Crippen LogP contribution is 2.25. The first-order valence-corrected chi connectivity index (χ1v) is 9.16. The molecule has 0 saturated carbocycles. The lowest BCUT2D eigenvalue weighted by Gasteiger charge is -2.36. The molecule has 1 unspecified atom stereocenters. The first-order chi connectivity index (χ1) is 11.7. The summed E-state index contributed by atoms with van der Waals surface area (Å²) in [6.45, 7) is 5.72. The molecule has 1 atom stereocenters. The Labute approximate surface area is 145 Å². The minimum absolute atomic E-state index is 0.0486. The van der Waals surface area contributed by atoms with Gasteiger partial charge in [0.15, 0.2) is 0 Å². The maximum atomic E-state index is 12.1. The van der Waals surface area contributed by atoms with Crippen molar-refractivity contribution in [3.63, 3.8) is 0 Å². The maximum Gasteiger partial charge on any atom is 0.244 e. The van der Waals surface area contributed by atoms with Gasteiger partial charge in [0.1, 0.15) is 0 Å². The molecule has 8 heteroatoms. The van der Waals surface area contributed by atoms with Gasteiger partial charge in [0.2, 0.25) is 17.6 Å². The summed E-state index contributed by atoms with van der Waals surface area (Å²) < 4.78 is 5.44. The molecular formula is C16H23N5O2S. The molecule has 130 valence electrons. The van der Waals surface area contributed by atoms with E-state index >= 15 is 0 Å². The average molecular weight is 349 g/mol. The molecule has 0 spiro atoms. The van der Waals surface area contributed by atoms with E-state index in [9.17, 15) is 4.79 Å². The Balaban J connectivity index is 1.55. The first-order valence-electron chi connectivity index (χ1n) is 8.28. The lowest BCUT2D eigenvalue weighted by molar-refractivity contribution is -0.133. The maximum absolute atomic E-state index is 12.1. The van der Waals surface area contributed by atoms with Crippen LogP contribution in [0.1, 0.15) is 31.7 Å². The lowest BCUT2D eigenvalue weighted by Crippen LogP contribution is -2.49. The van der Waals surface area contributed by atoms with Crippen LogP contribution in [0.4, 0.5) is 0 Å². The average Bonchev–Trinajstić information content (AvgIpc) is 3.30. The predicted molar refractivity (Wildman–Crippen MR) is 92.5 cm³/mol. The molecule has 7 nitrogen and oxygen atoms in total. The second kappa shape index (κ2) is 7.87. The van der Waals surface area contributed by atoms with Crippen LogP contribution in [-0.4, -0.2) is 58.6 Å². The van der Waals surface area contributed by atoms with Gasteiger partial charge >= 0.3 is 0 Å². The molecule has 0 aliphatic carbocycles. The summed E-state index contributed by atoms with van der Waals surface area (Å²) in [5.74, 6) is 1.47. The van der Waals surface area contributed by atoms with E-state index in [1.54, 1.807) is 11.3 Å². The van der Waals surface area contributed by atoms with E-state index in [0.29, 0.717) is 24.7 Å². The van der Waals surface area contributed by atoms with Crippen LogP contribution < -0.4 is 5.73 Å². The van der Waals surface area contributed by atoms with E-state index in [1.165, 1.54) is 0 Å². The molecule has 0 radical (unpaired) electrons. The summed E-state index contributed by atoms with van der Waals surface area (Å²) >= 11 is 1.59. The summed E-state index contributed by atoms with van der Waals surface area (Å²) in [5, 5.41) is 6.07. The fourth-order valence-corrected chi connectivity index (χ4v) is 3.49. The van der Waals surface area contributed by atoms with Gasteiger partial charge in [-0.05, 0) is 31.3 Å². The number of hydrogen-bond donors (Lipinski definition) is 1. The van der Waals surface area contributed by atoms with Gasteiger partial charge in [-0.3, -0.25) is 9.69 Å². The number of thiophene rings is 1. The fraction of sp³-hybridized carbons (Fsp3) is 0.562. The Kier molecular flexibility index (Phi) is 5.60. The molecule has 1 fully saturated rings. The predicted octanol–water partition coefficient (Wildman–Crippen LogP) is 1.74. The second-order valence-corrected chi connectivity index (χ2v) is 6.87. The summed E-state index contributed by atoms with van der Waals surface area (Å²) in [4.78, 5) is 21.8. The van der Waals surface area contributed by atoms with Crippen molar-refractivity contribution in [2.75, 3.05) is 32.7 Å². The van der Waals surface area contributed by atoms with Crippen LogP contribution in [0.25, 0.3) is 10.7 Å². The second-order valence-electron chi connectivity index (χ2n) is 5.92. The topological polar surface area (TPSA) is 88.5 Å². The molecule has 2 aromatic heterocycles. The third-order valence-electron chi connectivity index (χ3n) is 4.35. The molecule has 1 aliphatic rings. The number of amides is 1. The van der Waals surface area contributed by atoms with Gasteiger partial charge in [0.05, 0.1) is 10.9 Å². The van der Waals surface area contributed by atoms with Crippen molar-refractivity contribution in [3.05, 3.63) is 23.4 Å². The number of hydrogen-bond acceptors (Lipinski definition) is 7. The molecule has 0 bridgehead atoms. The molecule has 1 saturated heterocycles. The fourth-order valence-electron chi connectivity index (χ4n) is 2.84. The zero-order valence-corrected chi connectivity index (χ0v) is 14.7. The summed E-state index contributed by atoms with van der Waals surface area (Å²) in [6.07, 6.45) is 1.29. The number of nitrogens with two attached hydrogens (primary N) is 1. The molecule has 2 N–H and O–H groups in total. The van der Waals surface area contributed by atoms with Crippen molar-refractivity contribution < 1.29 is 9.32 Å². The van der Waals surface area contributed by atoms with Crippen molar-refractivity contribution in [1.29, 1.82) is 0 Å². The van der Waals surface area contributed by atoms with Crippen molar-refractivity contribution in [3.8, 4) is 10.7 Å². The van der Waals surface area contributed by atoms with Gasteiger partial charge in [-0.15, -0.1) is 11.3 Å². The van der Waals surface area contributed by atoms with E-state index in [0.717, 1.165) is 37.5 Å². The van der Waals surface area contributed by atoms with Gasteiger partial charge in [0, 0.05) is 32.6 Å². The quantitative estimate of drug-likeness (QED) is 0.854. The highest BCUT2D eigenvalue weighted by atomic mass is 32.1. The number of piperazine rings is 1. The minimum atomic E-state index is 0.0486. The largest absolute Gasteiger partial charge is 0.340 e. The highest BCUT2D eigenvalue weighted by molar-refractivity contribution is 7.13. The van der Waals surface area contributed by atoms with Gasteiger partial charge in [-0.2, -0.15) is 4.98 Å². The Morgan fingerprint density at radius 1 is 1.42 bits per heavy atom. The smallest absolute Gasteiger partial charge is 0.244 e. The molecule has 2 aromatic rings. The monoisotopic (exact) mass is 349 g/mol. The SMILES string of the molecule is CC(c1nc(-c2cccs2)no1)N1CCN(C(=O)CCCN)CC1. The Hall–Kier alpha value is -1.77.